The molecule has 0 spiro atoms. The van der Waals surface area contributed by atoms with Gasteiger partial charge in [0.1, 0.15) is 11.4 Å². The molecular weight excluding hydrogens is 435 g/mol. The molecule has 2 N–H and O–H groups in total. The van der Waals surface area contributed by atoms with Gasteiger partial charge in [0.05, 0.1) is 30.3 Å². The third-order valence-electron chi connectivity index (χ3n) is 4.57. The smallest absolute Gasteiger partial charge is 0.415 e. The average Bonchev–Trinajstić information content (AvgIpc) is 2.97. The number of rotatable bonds is 8. The van der Waals surface area contributed by atoms with Gasteiger partial charge >= 0.3 is 6.09 Å². The highest BCUT2D eigenvalue weighted by Crippen LogP contribution is 2.51. The fourth-order valence-electron chi connectivity index (χ4n) is 3.29. The Morgan fingerprint density at radius 2 is 2.14 bits per heavy atom. The van der Waals surface area contributed by atoms with Gasteiger partial charge in [0.15, 0.2) is 6.49 Å². The van der Waals surface area contributed by atoms with E-state index in [1.54, 1.807) is 12.1 Å². The molecule has 1 aromatic carbocycles. The molecule has 29 heavy (non-hydrogen) atoms. The standard InChI is InChI=1S/C18H27N2O6PS2/c1-18(2)12-14-6-3-7-15(16(14)26-18)20(17(21)22)13-29(23)19-8-4-11-27(28)24-9-5-10-25-27/h3,6-7,19H,4-5,8-13H2,1-2H3,(H,21,22). The lowest BCUT2D eigenvalue weighted by Crippen LogP contribution is -2.40. The van der Waals surface area contributed by atoms with Crippen molar-refractivity contribution in [1.82, 2.24) is 4.72 Å². The Labute approximate surface area is 179 Å². The van der Waals surface area contributed by atoms with E-state index in [0.717, 1.165) is 16.9 Å². The largest absolute Gasteiger partial charge is 0.597 e. The van der Waals surface area contributed by atoms with E-state index in [0.29, 0.717) is 50.2 Å². The molecule has 0 radical (unpaired) electrons. The molecule has 1 unspecified atom stereocenters. The van der Waals surface area contributed by atoms with Crippen molar-refractivity contribution >= 4 is 41.4 Å². The molecule has 0 saturated carbocycles. The van der Waals surface area contributed by atoms with Crippen LogP contribution in [0, 0.1) is 0 Å². The summed E-state index contributed by atoms with van der Waals surface area (Å²) in [5.41, 5.74) is 0.965. The molecule has 0 aliphatic carbocycles. The molecule has 0 bridgehead atoms. The van der Waals surface area contributed by atoms with Gasteiger partial charge in [-0.25, -0.2) is 9.69 Å². The third kappa shape index (κ3) is 6.07. The summed E-state index contributed by atoms with van der Waals surface area (Å²) in [4.78, 5) is 12.9. The number of anilines is 1. The van der Waals surface area contributed by atoms with Crippen molar-refractivity contribution in [3.8, 4) is 5.75 Å². The zero-order chi connectivity index (χ0) is 21.1. The van der Waals surface area contributed by atoms with E-state index in [9.17, 15) is 14.5 Å². The maximum Gasteiger partial charge on any atom is 0.415 e. The first kappa shape index (κ1) is 22.8. The van der Waals surface area contributed by atoms with Gasteiger partial charge in [0, 0.05) is 24.7 Å². The monoisotopic (exact) mass is 462 g/mol. The van der Waals surface area contributed by atoms with Crippen molar-refractivity contribution in [3.63, 3.8) is 0 Å². The van der Waals surface area contributed by atoms with Crippen molar-refractivity contribution in [1.29, 1.82) is 0 Å². The van der Waals surface area contributed by atoms with Crippen LogP contribution in [0.1, 0.15) is 32.3 Å². The molecule has 1 saturated heterocycles. The third-order valence-corrected chi connectivity index (χ3v) is 8.79. The number of para-hydroxylation sites is 1. The Hall–Kier alpha value is -0.870. The number of nitrogens with zero attached hydrogens (tertiary/aromatic N) is 1. The van der Waals surface area contributed by atoms with Crippen LogP contribution < -0.4 is 14.4 Å². The molecule has 1 atom stereocenters. The first-order valence-electron chi connectivity index (χ1n) is 9.50. The van der Waals surface area contributed by atoms with Gasteiger partial charge < -0.3 is 23.4 Å². The van der Waals surface area contributed by atoms with Crippen LogP contribution in [-0.2, 0) is 38.6 Å². The number of hydrogen-bond donors (Lipinski definition) is 2. The Bertz CT molecular complexity index is 784. The first-order valence-corrected chi connectivity index (χ1v) is 13.6. The van der Waals surface area contributed by atoms with E-state index in [4.69, 9.17) is 25.6 Å². The van der Waals surface area contributed by atoms with Crippen molar-refractivity contribution in [2.75, 3.05) is 36.7 Å². The SMILES string of the molecule is CC1(C)Cc2cccc(N(C[S+]([O-])NCCCP3(=S)OCCCO3)C(=O)O)c2O1. The van der Waals surface area contributed by atoms with Gasteiger partial charge in [0.25, 0.3) is 0 Å². The van der Waals surface area contributed by atoms with E-state index in [1.807, 2.05) is 19.9 Å². The summed E-state index contributed by atoms with van der Waals surface area (Å²) in [6, 6.07) is 5.39. The van der Waals surface area contributed by atoms with Crippen molar-refractivity contribution in [2.45, 2.75) is 38.7 Å². The number of ether oxygens (including phenoxy) is 1. The van der Waals surface area contributed by atoms with Crippen LogP contribution in [0.4, 0.5) is 10.5 Å². The van der Waals surface area contributed by atoms with Crippen LogP contribution in [0.2, 0.25) is 0 Å². The Morgan fingerprint density at radius 3 is 2.83 bits per heavy atom. The van der Waals surface area contributed by atoms with E-state index in [-0.39, 0.29) is 5.88 Å². The summed E-state index contributed by atoms with van der Waals surface area (Å²) in [6.07, 6.45) is 1.62. The maximum atomic E-state index is 12.5. The number of carbonyl (C=O) groups is 1. The van der Waals surface area contributed by atoms with Gasteiger partial charge in [-0.2, -0.15) is 0 Å². The van der Waals surface area contributed by atoms with Crippen molar-refractivity contribution in [3.05, 3.63) is 23.8 Å². The summed E-state index contributed by atoms with van der Waals surface area (Å²) in [5, 5.41) is 9.68. The normalized spacial score (nSPS) is 20.5. The van der Waals surface area contributed by atoms with Gasteiger partial charge in [-0.05, 0) is 44.6 Å². The molecule has 2 aliphatic heterocycles. The predicted molar refractivity (Wildman–Crippen MR) is 117 cm³/mol. The second-order valence-corrected chi connectivity index (χ2v) is 12.7. The Kier molecular flexibility index (Phi) is 7.48. The Morgan fingerprint density at radius 1 is 1.41 bits per heavy atom. The highest BCUT2D eigenvalue weighted by atomic mass is 32.5. The first-order chi connectivity index (χ1) is 13.7. The molecular formula is C18H27N2O6PS2. The number of carboxylic acid groups (broad SMARTS) is 1. The number of hydrogen-bond acceptors (Lipinski definition) is 7. The minimum absolute atomic E-state index is 0.198. The van der Waals surface area contributed by atoms with E-state index in [1.165, 1.54) is 0 Å². The lowest BCUT2D eigenvalue weighted by molar-refractivity contribution is 0.138. The quantitative estimate of drug-likeness (QED) is 0.345. The van der Waals surface area contributed by atoms with Crippen LogP contribution in [0.25, 0.3) is 0 Å². The lowest BCUT2D eigenvalue weighted by Gasteiger charge is -2.26. The molecule has 162 valence electrons. The van der Waals surface area contributed by atoms with Crippen molar-refractivity contribution < 1.29 is 28.2 Å². The summed E-state index contributed by atoms with van der Waals surface area (Å²) < 4.78 is 32.5. The second kappa shape index (κ2) is 9.51. The molecule has 1 amide bonds. The van der Waals surface area contributed by atoms with E-state index < -0.39 is 29.5 Å². The highest BCUT2D eigenvalue weighted by molar-refractivity contribution is 8.09. The highest BCUT2D eigenvalue weighted by Gasteiger charge is 2.35. The summed E-state index contributed by atoms with van der Waals surface area (Å²) in [6.45, 7) is 3.39. The van der Waals surface area contributed by atoms with Gasteiger partial charge in [-0.15, -0.1) is 4.72 Å². The second-order valence-electron chi connectivity index (χ2n) is 7.59. The molecule has 1 fully saturated rings. The molecule has 1 aromatic rings. The van der Waals surface area contributed by atoms with Crippen LogP contribution in [0.3, 0.4) is 0 Å². The number of amides is 1. The molecule has 2 aliphatic rings. The fraction of sp³-hybridized carbons (Fsp3) is 0.611. The van der Waals surface area contributed by atoms with Crippen LogP contribution >= 0.6 is 6.49 Å². The number of benzene rings is 1. The van der Waals surface area contributed by atoms with Gasteiger partial charge in [-0.3, -0.25) is 0 Å². The minimum Gasteiger partial charge on any atom is -0.597 e. The molecule has 8 nitrogen and oxygen atoms in total. The Balaban J connectivity index is 1.56. The zero-order valence-corrected chi connectivity index (χ0v) is 19.1. The molecule has 3 rings (SSSR count). The number of fused-ring (bicyclic) bond motifs is 1. The molecule has 2 heterocycles. The number of nitrogens with one attached hydrogen (secondary N) is 1. The summed E-state index contributed by atoms with van der Waals surface area (Å²) >= 11 is 3.86. The maximum absolute atomic E-state index is 12.5. The predicted octanol–water partition coefficient (Wildman–Crippen LogP) is 3.23. The minimum atomic E-state index is -2.21. The lowest BCUT2D eigenvalue weighted by atomic mass is 10.0. The van der Waals surface area contributed by atoms with Crippen LogP contribution in [0.5, 0.6) is 5.75 Å². The summed E-state index contributed by atoms with van der Waals surface area (Å²) in [5.74, 6) is 0.345. The average molecular weight is 463 g/mol. The van der Waals surface area contributed by atoms with Crippen molar-refractivity contribution in [2.24, 2.45) is 0 Å². The molecule has 0 aromatic heterocycles. The van der Waals surface area contributed by atoms with Crippen LogP contribution in [0.15, 0.2) is 18.2 Å². The molecule has 11 heteroatoms. The van der Waals surface area contributed by atoms with E-state index in [2.05, 4.69) is 4.72 Å². The fourth-order valence-corrected chi connectivity index (χ4v) is 6.77. The van der Waals surface area contributed by atoms with E-state index >= 15 is 0 Å². The van der Waals surface area contributed by atoms with Gasteiger partial charge in [-0.1, -0.05) is 12.1 Å². The topological polar surface area (TPSA) is 103 Å². The van der Waals surface area contributed by atoms with Gasteiger partial charge in [0.2, 0.25) is 5.88 Å². The summed E-state index contributed by atoms with van der Waals surface area (Å²) in [7, 11) is 0. The zero-order valence-electron chi connectivity index (χ0n) is 16.6. The van der Waals surface area contributed by atoms with Crippen LogP contribution in [-0.4, -0.2) is 53.2 Å².